The minimum absolute atomic E-state index is 0.0546. The van der Waals surface area contributed by atoms with Crippen LogP contribution in [0.15, 0.2) is 12.2 Å². The van der Waals surface area contributed by atoms with Crippen molar-refractivity contribution >= 4 is 11.9 Å². The van der Waals surface area contributed by atoms with Crippen molar-refractivity contribution in [2.75, 3.05) is 13.2 Å². The average Bonchev–Trinajstić information content (AvgIpc) is 2.62. The molecule has 158 valence electrons. The third kappa shape index (κ3) is 20.8. The lowest BCUT2D eigenvalue weighted by molar-refractivity contribution is -0.144. The fourth-order valence-electron chi connectivity index (χ4n) is 2.80. The Morgan fingerprint density at radius 2 is 1.07 bits per heavy atom. The van der Waals surface area contributed by atoms with Gasteiger partial charge in [0.15, 0.2) is 0 Å². The molecule has 0 saturated carbocycles. The maximum absolute atomic E-state index is 11.6. The van der Waals surface area contributed by atoms with Crippen LogP contribution in [0.25, 0.3) is 0 Å². The first kappa shape index (κ1) is 25.7. The molecule has 0 unspecified atom stereocenters. The van der Waals surface area contributed by atoms with Gasteiger partial charge in [0, 0.05) is 19.3 Å². The average molecular weight is 383 g/mol. The topological polar surface area (TPSA) is 52.6 Å². The van der Waals surface area contributed by atoms with Crippen LogP contribution in [0.4, 0.5) is 0 Å². The highest BCUT2D eigenvalue weighted by Crippen LogP contribution is 2.10. The zero-order chi connectivity index (χ0) is 20.2. The highest BCUT2D eigenvalue weighted by atomic mass is 16.5. The summed E-state index contributed by atoms with van der Waals surface area (Å²) in [5, 5.41) is 0. The van der Waals surface area contributed by atoms with Crippen molar-refractivity contribution in [3.05, 3.63) is 12.2 Å². The first-order valence-corrected chi connectivity index (χ1v) is 11.0. The molecule has 0 aromatic heterocycles. The van der Waals surface area contributed by atoms with Gasteiger partial charge in [0.1, 0.15) is 0 Å². The van der Waals surface area contributed by atoms with Gasteiger partial charge in [0.25, 0.3) is 0 Å². The predicted octanol–water partition coefficient (Wildman–Crippen LogP) is 6.52. The molecule has 0 atom stereocenters. The molecule has 0 saturated heterocycles. The van der Waals surface area contributed by atoms with Gasteiger partial charge < -0.3 is 9.47 Å². The molecular formula is C23H42O4. The van der Waals surface area contributed by atoms with Crippen LogP contribution in [0.2, 0.25) is 0 Å². The number of ether oxygens (including phenoxy) is 2. The molecule has 0 aliphatic rings. The van der Waals surface area contributed by atoms with Crippen LogP contribution in [0.5, 0.6) is 0 Å². The lowest BCUT2D eigenvalue weighted by Gasteiger charge is -2.06. The first-order chi connectivity index (χ1) is 13.1. The van der Waals surface area contributed by atoms with E-state index >= 15 is 0 Å². The molecule has 0 aromatic carbocycles. The van der Waals surface area contributed by atoms with E-state index in [-0.39, 0.29) is 11.9 Å². The minimum atomic E-state index is -0.107. The van der Waals surface area contributed by atoms with Crippen molar-refractivity contribution in [3.8, 4) is 0 Å². The van der Waals surface area contributed by atoms with E-state index in [1.54, 1.807) is 0 Å². The lowest BCUT2D eigenvalue weighted by atomic mass is 10.1. The van der Waals surface area contributed by atoms with Crippen molar-refractivity contribution in [1.82, 2.24) is 0 Å². The van der Waals surface area contributed by atoms with Gasteiger partial charge in [-0.1, -0.05) is 70.3 Å². The van der Waals surface area contributed by atoms with E-state index in [9.17, 15) is 9.59 Å². The summed E-state index contributed by atoms with van der Waals surface area (Å²) in [4.78, 5) is 23.1. The fraction of sp³-hybridized carbons (Fsp3) is 0.826. The molecule has 27 heavy (non-hydrogen) atoms. The smallest absolute Gasteiger partial charge is 0.305 e. The number of esters is 2. The predicted molar refractivity (Wildman–Crippen MR) is 112 cm³/mol. The van der Waals surface area contributed by atoms with E-state index in [1.165, 1.54) is 25.7 Å². The maximum atomic E-state index is 11.6. The van der Waals surface area contributed by atoms with Gasteiger partial charge in [-0.05, 0) is 26.2 Å². The molecule has 0 aliphatic heterocycles. The fourth-order valence-corrected chi connectivity index (χ4v) is 2.80. The standard InChI is InChI=1S/C23H42O4/c1-4-5-6-7-12-15-19-26-22(24)16-13-10-8-9-11-14-17-23(25)27-20-18-21(2)3/h2,4-20H2,1,3H3. The Morgan fingerprint density at radius 1 is 0.630 bits per heavy atom. The highest BCUT2D eigenvalue weighted by Gasteiger charge is 2.04. The number of carbonyl (C=O) groups excluding carboxylic acids is 2. The van der Waals surface area contributed by atoms with Crippen LogP contribution < -0.4 is 0 Å². The molecule has 0 rings (SSSR count). The van der Waals surface area contributed by atoms with Crippen molar-refractivity contribution in [3.63, 3.8) is 0 Å². The van der Waals surface area contributed by atoms with Gasteiger partial charge in [-0.3, -0.25) is 9.59 Å². The van der Waals surface area contributed by atoms with Crippen LogP contribution in [0.3, 0.4) is 0 Å². The number of unbranched alkanes of at least 4 members (excludes halogenated alkanes) is 10. The lowest BCUT2D eigenvalue weighted by Crippen LogP contribution is -2.06. The summed E-state index contributed by atoms with van der Waals surface area (Å²) in [6, 6.07) is 0. The Hall–Kier alpha value is -1.32. The highest BCUT2D eigenvalue weighted by molar-refractivity contribution is 5.69. The van der Waals surface area contributed by atoms with E-state index in [1.807, 2.05) is 6.92 Å². The van der Waals surface area contributed by atoms with E-state index < -0.39 is 0 Å². The van der Waals surface area contributed by atoms with Crippen LogP contribution >= 0.6 is 0 Å². The second-order valence-electron chi connectivity index (χ2n) is 7.54. The summed E-state index contributed by atoms with van der Waals surface area (Å²) >= 11 is 0. The summed E-state index contributed by atoms with van der Waals surface area (Å²) in [6.45, 7) is 8.96. The molecule has 0 fully saturated rings. The van der Waals surface area contributed by atoms with Gasteiger partial charge in [0.05, 0.1) is 13.2 Å². The summed E-state index contributed by atoms with van der Waals surface area (Å²) in [6.07, 6.45) is 15.1. The third-order valence-electron chi connectivity index (χ3n) is 4.56. The Labute approximate surface area is 167 Å². The molecule has 4 nitrogen and oxygen atoms in total. The Bertz CT molecular complexity index is 390. The largest absolute Gasteiger partial charge is 0.466 e. The molecule has 0 amide bonds. The number of hydrogen-bond acceptors (Lipinski definition) is 4. The maximum Gasteiger partial charge on any atom is 0.305 e. The van der Waals surface area contributed by atoms with Crippen LogP contribution in [0.1, 0.15) is 110 Å². The van der Waals surface area contributed by atoms with Crippen LogP contribution in [0, 0.1) is 0 Å². The first-order valence-electron chi connectivity index (χ1n) is 11.0. The summed E-state index contributed by atoms with van der Waals surface area (Å²) in [5.74, 6) is -0.162. The van der Waals surface area contributed by atoms with Crippen molar-refractivity contribution in [1.29, 1.82) is 0 Å². The van der Waals surface area contributed by atoms with Gasteiger partial charge in [-0.2, -0.15) is 0 Å². The molecule has 0 spiro atoms. The van der Waals surface area contributed by atoms with E-state index in [2.05, 4.69) is 13.5 Å². The van der Waals surface area contributed by atoms with Crippen molar-refractivity contribution < 1.29 is 19.1 Å². The second kappa shape index (κ2) is 19.4. The summed E-state index contributed by atoms with van der Waals surface area (Å²) < 4.78 is 10.4. The molecule has 0 aliphatic carbocycles. The van der Waals surface area contributed by atoms with Gasteiger partial charge in [-0.25, -0.2) is 0 Å². The Morgan fingerprint density at radius 3 is 1.59 bits per heavy atom. The number of hydrogen-bond donors (Lipinski definition) is 0. The van der Waals surface area contributed by atoms with Crippen LogP contribution in [-0.2, 0) is 19.1 Å². The summed E-state index contributed by atoms with van der Waals surface area (Å²) in [7, 11) is 0. The third-order valence-corrected chi connectivity index (χ3v) is 4.56. The molecule has 0 radical (unpaired) electrons. The molecule has 0 bridgehead atoms. The molecular weight excluding hydrogens is 340 g/mol. The van der Waals surface area contributed by atoms with Gasteiger partial charge in [-0.15, -0.1) is 6.58 Å². The number of carbonyl (C=O) groups is 2. The van der Waals surface area contributed by atoms with Crippen LogP contribution in [-0.4, -0.2) is 25.2 Å². The SMILES string of the molecule is C=C(C)CCOC(=O)CCCCCCCCC(=O)OCCCCCCCC. The van der Waals surface area contributed by atoms with E-state index in [0.717, 1.165) is 63.4 Å². The molecule has 0 N–H and O–H groups in total. The molecule has 0 aromatic rings. The van der Waals surface area contributed by atoms with Gasteiger partial charge in [0.2, 0.25) is 0 Å². The summed E-state index contributed by atoms with van der Waals surface area (Å²) in [5.41, 5.74) is 1.04. The monoisotopic (exact) mass is 382 g/mol. The van der Waals surface area contributed by atoms with E-state index in [0.29, 0.717) is 26.1 Å². The number of rotatable bonds is 19. The quantitative estimate of drug-likeness (QED) is 0.145. The normalized spacial score (nSPS) is 10.6. The second-order valence-corrected chi connectivity index (χ2v) is 7.54. The van der Waals surface area contributed by atoms with E-state index in [4.69, 9.17) is 9.47 Å². The van der Waals surface area contributed by atoms with Crippen molar-refractivity contribution in [2.45, 2.75) is 110 Å². The Kier molecular flexibility index (Phi) is 18.5. The zero-order valence-corrected chi connectivity index (χ0v) is 17.9. The Balaban J connectivity index is 3.28. The minimum Gasteiger partial charge on any atom is -0.466 e. The van der Waals surface area contributed by atoms with Crippen molar-refractivity contribution in [2.24, 2.45) is 0 Å². The molecule has 4 heteroatoms. The van der Waals surface area contributed by atoms with Gasteiger partial charge >= 0.3 is 11.9 Å². The zero-order valence-electron chi connectivity index (χ0n) is 17.9. The molecule has 0 heterocycles.